The molecule has 7 heteroatoms. The maximum Gasteiger partial charge on any atom is 0.397 e. The van der Waals surface area contributed by atoms with E-state index in [1.54, 1.807) is 4.90 Å². The van der Waals surface area contributed by atoms with E-state index < -0.39 is 11.9 Å². The Morgan fingerprint density at radius 3 is 2.81 bits per heavy atom. The van der Waals surface area contributed by atoms with Gasteiger partial charge in [-0.05, 0) is 6.92 Å². The van der Waals surface area contributed by atoms with Crippen LogP contribution < -0.4 is 5.32 Å². The molecule has 1 saturated heterocycles. The fourth-order valence-electron chi connectivity index (χ4n) is 1.50. The number of nitrogens with zero attached hydrogens (tertiary/aromatic N) is 1. The molecule has 0 spiro atoms. The molecule has 94 valence electrons. The SMILES string of the molecule is C[C@@H]1CN(C(=O)CSCC(F)(F)F)CCN1. The molecule has 3 nitrogen and oxygen atoms in total. The van der Waals surface area contributed by atoms with Gasteiger partial charge in [-0.1, -0.05) is 0 Å². The van der Waals surface area contributed by atoms with Crippen molar-refractivity contribution in [2.45, 2.75) is 19.1 Å². The Morgan fingerprint density at radius 1 is 1.56 bits per heavy atom. The number of thioether (sulfide) groups is 1. The molecule has 0 radical (unpaired) electrons. The summed E-state index contributed by atoms with van der Waals surface area (Å²) in [5.41, 5.74) is 0. The minimum absolute atomic E-state index is 0.0910. The van der Waals surface area contributed by atoms with Crippen LogP contribution in [0, 0.1) is 0 Å². The summed E-state index contributed by atoms with van der Waals surface area (Å²) in [7, 11) is 0. The molecular formula is C9H15F3N2OS. The Bertz CT molecular complexity index is 247. The lowest BCUT2D eigenvalue weighted by atomic mass is 10.2. The zero-order valence-corrected chi connectivity index (χ0v) is 9.83. The van der Waals surface area contributed by atoms with E-state index in [2.05, 4.69) is 5.32 Å². The zero-order valence-electron chi connectivity index (χ0n) is 9.01. The summed E-state index contributed by atoms with van der Waals surface area (Å²) in [6.07, 6.45) is -4.19. The van der Waals surface area contributed by atoms with Crippen LogP contribution in [0.2, 0.25) is 0 Å². The third-order valence-electron chi connectivity index (χ3n) is 2.21. The largest absolute Gasteiger partial charge is 0.397 e. The molecule has 0 aromatic carbocycles. The fourth-order valence-corrected chi connectivity index (χ4v) is 2.19. The van der Waals surface area contributed by atoms with E-state index in [1.165, 1.54) is 0 Å². The van der Waals surface area contributed by atoms with Gasteiger partial charge in [0.2, 0.25) is 5.91 Å². The van der Waals surface area contributed by atoms with Gasteiger partial charge in [0.05, 0.1) is 11.5 Å². The highest BCUT2D eigenvalue weighted by Gasteiger charge is 2.28. The second-order valence-electron chi connectivity index (χ2n) is 3.80. The van der Waals surface area contributed by atoms with Crippen LogP contribution in [0.5, 0.6) is 0 Å². The summed E-state index contributed by atoms with van der Waals surface area (Å²) in [4.78, 5) is 13.2. The lowest BCUT2D eigenvalue weighted by molar-refractivity contribution is -0.129. The first kappa shape index (κ1) is 13.6. The number of piperazine rings is 1. The van der Waals surface area contributed by atoms with Crippen LogP contribution in [0.1, 0.15) is 6.92 Å². The molecule has 1 amide bonds. The van der Waals surface area contributed by atoms with Crippen molar-refractivity contribution in [3.63, 3.8) is 0 Å². The first-order valence-corrected chi connectivity index (χ1v) is 6.19. The van der Waals surface area contributed by atoms with Crippen molar-refractivity contribution >= 4 is 17.7 Å². The van der Waals surface area contributed by atoms with Crippen molar-refractivity contribution in [2.75, 3.05) is 31.1 Å². The van der Waals surface area contributed by atoms with E-state index >= 15 is 0 Å². The highest BCUT2D eigenvalue weighted by Crippen LogP contribution is 2.21. The summed E-state index contributed by atoms with van der Waals surface area (Å²) < 4.78 is 35.6. The number of carbonyl (C=O) groups excluding carboxylic acids is 1. The Hall–Kier alpha value is -0.430. The van der Waals surface area contributed by atoms with Gasteiger partial charge < -0.3 is 10.2 Å². The van der Waals surface area contributed by atoms with Crippen LogP contribution in [0.15, 0.2) is 0 Å². The molecule has 1 rings (SSSR count). The summed E-state index contributed by atoms with van der Waals surface area (Å²) in [6.45, 7) is 3.81. The maximum absolute atomic E-state index is 11.9. The molecule has 0 bridgehead atoms. The van der Waals surface area contributed by atoms with Crippen molar-refractivity contribution in [3.05, 3.63) is 0 Å². The number of rotatable bonds is 3. The van der Waals surface area contributed by atoms with Crippen LogP contribution in [0.3, 0.4) is 0 Å². The van der Waals surface area contributed by atoms with Crippen LogP contribution in [-0.4, -0.2) is 54.2 Å². The smallest absolute Gasteiger partial charge is 0.339 e. The lowest BCUT2D eigenvalue weighted by Crippen LogP contribution is -2.51. The van der Waals surface area contributed by atoms with Gasteiger partial charge in [-0.3, -0.25) is 4.79 Å². The van der Waals surface area contributed by atoms with E-state index in [0.29, 0.717) is 31.4 Å². The Balaban J connectivity index is 2.24. The average Bonchev–Trinajstić information content (AvgIpc) is 2.15. The standard InChI is InChI=1S/C9H15F3N2OS/c1-7-4-14(3-2-13-7)8(15)5-16-6-9(10,11)12/h7,13H,2-6H2,1H3/t7-/m1/s1. The normalized spacial score (nSPS) is 22.2. The van der Waals surface area contributed by atoms with Gasteiger partial charge in [0.15, 0.2) is 0 Å². The molecule has 1 aliphatic heterocycles. The molecule has 0 saturated carbocycles. The number of hydrogen-bond acceptors (Lipinski definition) is 3. The highest BCUT2D eigenvalue weighted by molar-refractivity contribution is 8.00. The van der Waals surface area contributed by atoms with E-state index in [9.17, 15) is 18.0 Å². The number of nitrogens with one attached hydrogen (secondary N) is 1. The number of amides is 1. The number of hydrogen-bond donors (Lipinski definition) is 1. The van der Waals surface area contributed by atoms with Gasteiger partial charge in [0.1, 0.15) is 0 Å². The van der Waals surface area contributed by atoms with E-state index in [4.69, 9.17) is 0 Å². The Morgan fingerprint density at radius 2 is 2.25 bits per heavy atom. The second kappa shape index (κ2) is 5.77. The Kier molecular flexibility index (Phi) is 4.91. The molecule has 0 aliphatic carbocycles. The van der Waals surface area contributed by atoms with Crippen molar-refractivity contribution in [1.29, 1.82) is 0 Å². The highest BCUT2D eigenvalue weighted by atomic mass is 32.2. The fraction of sp³-hybridized carbons (Fsp3) is 0.889. The molecule has 16 heavy (non-hydrogen) atoms. The molecule has 1 fully saturated rings. The van der Waals surface area contributed by atoms with Gasteiger partial charge >= 0.3 is 6.18 Å². The van der Waals surface area contributed by atoms with E-state index in [0.717, 1.165) is 0 Å². The maximum atomic E-state index is 11.9. The molecule has 0 aromatic heterocycles. The van der Waals surface area contributed by atoms with Crippen molar-refractivity contribution < 1.29 is 18.0 Å². The van der Waals surface area contributed by atoms with Crippen molar-refractivity contribution in [2.24, 2.45) is 0 Å². The number of carbonyl (C=O) groups is 1. The molecule has 0 unspecified atom stereocenters. The Labute approximate surface area is 96.7 Å². The molecular weight excluding hydrogens is 241 g/mol. The third-order valence-corrected chi connectivity index (χ3v) is 3.20. The quantitative estimate of drug-likeness (QED) is 0.820. The van der Waals surface area contributed by atoms with Crippen LogP contribution in [-0.2, 0) is 4.79 Å². The monoisotopic (exact) mass is 256 g/mol. The lowest BCUT2D eigenvalue weighted by Gasteiger charge is -2.31. The van der Waals surface area contributed by atoms with E-state index in [1.807, 2.05) is 6.92 Å². The van der Waals surface area contributed by atoms with Crippen LogP contribution in [0.4, 0.5) is 13.2 Å². The number of alkyl halides is 3. The summed E-state index contributed by atoms with van der Waals surface area (Å²) in [5, 5.41) is 3.17. The molecule has 1 atom stereocenters. The molecule has 0 aromatic rings. The van der Waals surface area contributed by atoms with Crippen LogP contribution >= 0.6 is 11.8 Å². The first-order chi connectivity index (χ1) is 7.38. The van der Waals surface area contributed by atoms with Gasteiger partial charge in [0, 0.05) is 25.7 Å². The predicted molar refractivity (Wildman–Crippen MR) is 57.4 cm³/mol. The topological polar surface area (TPSA) is 32.3 Å². The minimum Gasteiger partial charge on any atom is -0.339 e. The minimum atomic E-state index is -4.19. The zero-order chi connectivity index (χ0) is 12.2. The van der Waals surface area contributed by atoms with Crippen LogP contribution in [0.25, 0.3) is 0 Å². The van der Waals surface area contributed by atoms with Gasteiger partial charge in [-0.25, -0.2) is 0 Å². The third kappa shape index (κ3) is 5.07. The van der Waals surface area contributed by atoms with Gasteiger partial charge in [-0.15, -0.1) is 11.8 Å². The summed E-state index contributed by atoms with van der Waals surface area (Å²) in [6, 6.07) is 0.213. The molecule has 1 heterocycles. The second-order valence-corrected chi connectivity index (χ2v) is 4.79. The first-order valence-electron chi connectivity index (χ1n) is 5.04. The predicted octanol–water partition coefficient (Wildman–Crippen LogP) is 1.10. The molecule has 1 aliphatic rings. The average molecular weight is 256 g/mol. The molecule has 1 N–H and O–H groups in total. The summed E-state index contributed by atoms with van der Waals surface area (Å²) in [5.74, 6) is -1.25. The van der Waals surface area contributed by atoms with Crippen molar-refractivity contribution in [1.82, 2.24) is 10.2 Å². The van der Waals surface area contributed by atoms with E-state index in [-0.39, 0.29) is 17.7 Å². The number of halogens is 3. The van der Waals surface area contributed by atoms with Gasteiger partial charge in [0.25, 0.3) is 0 Å². The summed E-state index contributed by atoms with van der Waals surface area (Å²) >= 11 is 0.627. The van der Waals surface area contributed by atoms with Gasteiger partial charge in [-0.2, -0.15) is 13.2 Å². The van der Waals surface area contributed by atoms with Crippen molar-refractivity contribution in [3.8, 4) is 0 Å².